The van der Waals surface area contributed by atoms with E-state index < -0.39 is 6.16 Å². The van der Waals surface area contributed by atoms with Crippen molar-refractivity contribution in [3.8, 4) is 11.1 Å². The molecular formula is C19H20O5. The molecule has 24 heavy (non-hydrogen) atoms. The molecule has 0 atom stereocenters. The van der Waals surface area contributed by atoms with E-state index in [0.29, 0.717) is 17.7 Å². The number of ether oxygens (including phenoxy) is 1. The van der Waals surface area contributed by atoms with Crippen LogP contribution in [0, 0.1) is 0 Å². The summed E-state index contributed by atoms with van der Waals surface area (Å²) in [6.45, 7) is 2.30. The van der Waals surface area contributed by atoms with Crippen molar-refractivity contribution in [1.29, 1.82) is 0 Å². The second-order valence-corrected chi connectivity index (χ2v) is 4.96. The van der Waals surface area contributed by atoms with E-state index >= 15 is 0 Å². The third-order valence-corrected chi connectivity index (χ3v) is 3.08. The van der Waals surface area contributed by atoms with Crippen LogP contribution < -0.4 is 0 Å². The van der Waals surface area contributed by atoms with E-state index in [2.05, 4.69) is 4.74 Å². The van der Waals surface area contributed by atoms with Crippen LogP contribution in [0.2, 0.25) is 0 Å². The molecule has 126 valence electrons. The minimum absolute atomic E-state index is 0.325. The second kappa shape index (κ2) is 10.7. The van der Waals surface area contributed by atoms with Crippen LogP contribution in [0.15, 0.2) is 48.5 Å². The maximum atomic E-state index is 10.7. The van der Waals surface area contributed by atoms with Gasteiger partial charge in [0.05, 0.1) is 6.61 Å². The molecule has 0 aliphatic heterocycles. The number of unbranched alkanes of at least 4 members (excludes halogenated alkanes) is 1. The quantitative estimate of drug-likeness (QED) is 0.481. The third kappa shape index (κ3) is 6.87. The number of rotatable bonds is 6. The van der Waals surface area contributed by atoms with Gasteiger partial charge in [-0.25, -0.2) is 4.79 Å². The average Bonchev–Trinajstić information content (AvgIpc) is 2.62. The molecule has 0 amide bonds. The average molecular weight is 328 g/mol. The molecule has 0 aliphatic rings. The van der Waals surface area contributed by atoms with Gasteiger partial charge in [0.1, 0.15) is 12.6 Å². The van der Waals surface area contributed by atoms with E-state index in [4.69, 9.17) is 5.11 Å². The Bertz CT molecular complexity index is 638. The monoisotopic (exact) mass is 328 g/mol. The molecule has 0 heterocycles. The number of aldehydes is 2. The first-order valence-electron chi connectivity index (χ1n) is 7.57. The molecule has 2 rings (SSSR count). The molecule has 0 bridgehead atoms. The van der Waals surface area contributed by atoms with Crippen molar-refractivity contribution in [2.75, 3.05) is 6.61 Å². The fourth-order valence-electron chi connectivity index (χ4n) is 1.91. The van der Waals surface area contributed by atoms with Crippen LogP contribution >= 0.6 is 0 Å². The van der Waals surface area contributed by atoms with Gasteiger partial charge < -0.3 is 9.84 Å². The highest BCUT2D eigenvalue weighted by Gasteiger charge is 2.02. The first-order valence-corrected chi connectivity index (χ1v) is 7.57. The molecule has 0 fully saturated rings. The maximum Gasteiger partial charge on any atom is 0.505 e. The standard InChI is InChI=1S/C14H10O2.C5H10O3/c15-9-11-6-12(10-16)8-14(7-11)13-4-2-1-3-5-13;1-2-3-4-8-5(6)7/h1-10H;2-4H2,1H3,(H,6,7). The van der Waals surface area contributed by atoms with Crippen molar-refractivity contribution in [3.63, 3.8) is 0 Å². The van der Waals surface area contributed by atoms with Crippen LogP contribution in [0.5, 0.6) is 0 Å². The first-order chi connectivity index (χ1) is 11.6. The summed E-state index contributed by atoms with van der Waals surface area (Å²) in [6.07, 6.45) is 2.09. The molecule has 0 saturated carbocycles. The molecule has 0 saturated heterocycles. The summed E-state index contributed by atoms with van der Waals surface area (Å²) in [7, 11) is 0. The number of carbonyl (C=O) groups excluding carboxylic acids is 2. The number of hydrogen-bond acceptors (Lipinski definition) is 4. The van der Waals surface area contributed by atoms with Crippen LogP contribution in [0.1, 0.15) is 40.5 Å². The zero-order valence-electron chi connectivity index (χ0n) is 13.5. The van der Waals surface area contributed by atoms with E-state index in [1.165, 1.54) is 0 Å². The molecule has 0 spiro atoms. The largest absolute Gasteiger partial charge is 0.505 e. The summed E-state index contributed by atoms with van der Waals surface area (Å²) in [5, 5.41) is 7.92. The predicted octanol–water partition coefficient (Wildman–Crippen LogP) is 4.46. The van der Waals surface area contributed by atoms with Crippen molar-refractivity contribution in [3.05, 3.63) is 59.7 Å². The lowest BCUT2D eigenvalue weighted by atomic mass is 10.0. The van der Waals surface area contributed by atoms with Gasteiger partial charge in [-0.1, -0.05) is 43.7 Å². The number of benzene rings is 2. The Morgan fingerprint density at radius 2 is 1.58 bits per heavy atom. The van der Waals surface area contributed by atoms with Crippen LogP contribution in [0.25, 0.3) is 11.1 Å². The van der Waals surface area contributed by atoms with E-state index in [1.807, 2.05) is 37.3 Å². The Morgan fingerprint density at radius 1 is 1.00 bits per heavy atom. The van der Waals surface area contributed by atoms with Gasteiger partial charge in [-0.2, -0.15) is 0 Å². The van der Waals surface area contributed by atoms with Gasteiger partial charge in [-0.05, 0) is 35.7 Å². The predicted molar refractivity (Wildman–Crippen MR) is 91.5 cm³/mol. The Kier molecular flexibility index (Phi) is 8.53. The highest BCUT2D eigenvalue weighted by Crippen LogP contribution is 2.21. The fourth-order valence-corrected chi connectivity index (χ4v) is 1.91. The van der Waals surface area contributed by atoms with Crippen LogP contribution in [0.3, 0.4) is 0 Å². The number of carboxylic acid groups (broad SMARTS) is 1. The van der Waals surface area contributed by atoms with E-state index in [9.17, 15) is 14.4 Å². The van der Waals surface area contributed by atoms with Crippen LogP contribution in [-0.4, -0.2) is 30.4 Å². The third-order valence-electron chi connectivity index (χ3n) is 3.08. The zero-order valence-corrected chi connectivity index (χ0v) is 13.5. The molecule has 0 radical (unpaired) electrons. The summed E-state index contributed by atoms with van der Waals surface area (Å²) in [5.41, 5.74) is 2.91. The molecule has 2 aromatic rings. The van der Waals surface area contributed by atoms with E-state index in [-0.39, 0.29) is 0 Å². The van der Waals surface area contributed by atoms with E-state index in [0.717, 1.165) is 36.5 Å². The molecule has 0 unspecified atom stereocenters. The summed E-state index contributed by atoms with van der Waals surface area (Å²) in [4.78, 5) is 31.1. The second-order valence-electron chi connectivity index (χ2n) is 4.96. The van der Waals surface area contributed by atoms with Crippen molar-refractivity contribution < 1.29 is 24.2 Å². The maximum absolute atomic E-state index is 10.7. The summed E-state index contributed by atoms with van der Waals surface area (Å²) in [5.74, 6) is 0. The molecular weight excluding hydrogens is 308 g/mol. The Labute approximate surface area is 140 Å². The van der Waals surface area contributed by atoms with Crippen LogP contribution in [0.4, 0.5) is 4.79 Å². The molecule has 2 aromatic carbocycles. The van der Waals surface area contributed by atoms with Gasteiger partial charge in [-0.3, -0.25) is 9.59 Å². The minimum Gasteiger partial charge on any atom is -0.450 e. The molecule has 5 nitrogen and oxygen atoms in total. The number of carbonyl (C=O) groups is 3. The van der Waals surface area contributed by atoms with Gasteiger partial charge in [0, 0.05) is 11.1 Å². The summed E-state index contributed by atoms with van der Waals surface area (Å²) >= 11 is 0. The van der Waals surface area contributed by atoms with Crippen molar-refractivity contribution in [2.45, 2.75) is 19.8 Å². The van der Waals surface area contributed by atoms with Crippen molar-refractivity contribution in [2.24, 2.45) is 0 Å². The lowest BCUT2D eigenvalue weighted by molar-refractivity contribution is 0.0904. The summed E-state index contributed by atoms with van der Waals surface area (Å²) < 4.78 is 4.20. The topological polar surface area (TPSA) is 80.7 Å². The first kappa shape index (κ1) is 19.1. The fraction of sp³-hybridized carbons (Fsp3) is 0.211. The smallest absolute Gasteiger partial charge is 0.450 e. The Morgan fingerprint density at radius 3 is 2.04 bits per heavy atom. The van der Waals surface area contributed by atoms with Gasteiger partial charge in [0.2, 0.25) is 0 Å². The highest BCUT2D eigenvalue weighted by atomic mass is 16.7. The summed E-state index contributed by atoms with van der Waals surface area (Å²) in [6, 6.07) is 14.8. The molecule has 1 N–H and O–H groups in total. The minimum atomic E-state index is -1.18. The lowest BCUT2D eigenvalue weighted by Crippen LogP contribution is -2.00. The van der Waals surface area contributed by atoms with Gasteiger partial charge in [0.15, 0.2) is 0 Å². The lowest BCUT2D eigenvalue weighted by Gasteiger charge is -2.03. The molecule has 0 aromatic heterocycles. The van der Waals surface area contributed by atoms with Crippen molar-refractivity contribution >= 4 is 18.7 Å². The number of hydrogen-bond donors (Lipinski definition) is 1. The van der Waals surface area contributed by atoms with Crippen LogP contribution in [-0.2, 0) is 4.74 Å². The van der Waals surface area contributed by atoms with Gasteiger partial charge in [0.25, 0.3) is 0 Å². The highest BCUT2D eigenvalue weighted by molar-refractivity contribution is 5.86. The normalized spacial score (nSPS) is 9.38. The Balaban J connectivity index is 0.000000307. The van der Waals surface area contributed by atoms with Crippen molar-refractivity contribution in [1.82, 2.24) is 0 Å². The SMILES string of the molecule is CCCCOC(=O)O.O=Cc1cc(C=O)cc(-c2ccccc2)c1. The zero-order chi connectivity index (χ0) is 17.8. The molecule has 5 heteroatoms. The van der Waals surface area contributed by atoms with Gasteiger partial charge >= 0.3 is 6.16 Å². The Hall–Kier alpha value is -2.95. The van der Waals surface area contributed by atoms with Gasteiger partial charge in [-0.15, -0.1) is 0 Å². The van der Waals surface area contributed by atoms with E-state index in [1.54, 1.807) is 18.2 Å². The molecule has 0 aliphatic carbocycles.